The highest BCUT2D eigenvalue weighted by atomic mass is 35.5. The molecule has 0 atom stereocenters. The zero-order valence-corrected chi connectivity index (χ0v) is 15.7. The first-order chi connectivity index (χ1) is 12.9. The van der Waals surface area contributed by atoms with Crippen LogP contribution in [-0.4, -0.2) is 24.6 Å². The van der Waals surface area contributed by atoms with E-state index in [0.717, 1.165) is 23.8 Å². The molecule has 0 bridgehead atoms. The second kappa shape index (κ2) is 6.38. The number of benzene rings is 1. The smallest absolute Gasteiger partial charge is 0.325 e. The highest BCUT2D eigenvalue weighted by Crippen LogP contribution is 2.25. The molecule has 0 fully saturated rings. The molecule has 0 aliphatic heterocycles. The maximum atomic E-state index is 12.5. The number of hydrogen-bond donors (Lipinski definition) is 1. The molecular formula is C18H18ClN5O3. The Morgan fingerprint density at radius 2 is 1.93 bits per heavy atom. The van der Waals surface area contributed by atoms with Crippen LogP contribution < -0.4 is 16.6 Å². The van der Waals surface area contributed by atoms with Gasteiger partial charge in [-0.15, -0.1) is 0 Å². The number of aryl methyl sites for hydroxylation is 3. The Bertz CT molecular complexity index is 1200. The number of carbonyl (C=O) groups excluding carboxylic acids is 1. The Hall–Kier alpha value is -2.87. The standard InChI is InChI=1S/C18H18ClN5O3/c1-22-15-14(16(26)23(2)18(22)27)24(17(19)21-15)9-13(25)20-12-7-6-10-4-3-5-11(10)8-12/h6-8H,3-5,9H2,1-2H3,(H,20,25). The summed E-state index contributed by atoms with van der Waals surface area (Å²) >= 11 is 6.15. The van der Waals surface area contributed by atoms with Crippen LogP contribution in [0.5, 0.6) is 0 Å². The van der Waals surface area contributed by atoms with Gasteiger partial charge in [-0.1, -0.05) is 6.07 Å². The van der Waals surface area contributed by atoms with E-state index in [1.54, 1.807) is 0 Å². The molecular weight excluding hydrogens is 370 g/mol. The van der Waals surface area contributed by atoms with Crippen molar-refractivity contribution in [3.63, 3.8) is 0 Å². The lowest BCUT2D eigenvalue weighted by molar-refractivity contribution is -0.116. The van der Waals surface area contributed by atoms with Crippen LogP contribution in [0.2, 0.25) is 5.28 Å². The molecule has 4 rings (SSSR count). The van der Waals surface area contributed by atoms with Gasteiger partial charge < -0.3 is 5.32 Å². The van der Waals surface area contributed by atoms with Gasteiger partial charge in [-0.25, -0.2) is 4.79 Å². The fraction of sp³-hybridized carbons (Fsp3) is 0.333. The third kappa shape index (κ3) is 2.86. The molecule has 2 heterocycles. The largest absolute Gasteiger partial charge is 0.332 e. The molecule has 8 nitrogen and oxygen atoms in total. The molecule has 0 saturated heterocycles. The van der Waals surface area contributed by atoms with E-state index < -0.39 is 11.2 Å². The minimum absolute atomic E-state index is 0.0209. The van der Waals surface area contributed by atoms with Crippen molar-refractivity contribution in [1.29, 1.82) is 0 Å². The third-order valence-electron chi connectivity index (χ3n) is 4.99. The van der Waals surface area contributed by atoms with Crippen molar-refractivity contribution in [2.45, 2.75) is 25.8 Å². The van der Waals surface area contributed by atoms with Crippen molar-refractivity contribution in [1.82, 2.24) is 18.7 Å². The first-order valence-electron chi connectivity index (χ1n) is 8.60. The Morgan fingerprint density at radius 3 is 2.70 bits per heavy atom. The van der Waals surface area contributed by atoms with Crippen molar-refractivity contribution >= 4 is 34.4 Å². The van der Waals surface area contributed by atoms with E-state index in [9.17, 15) is 14.4 Å². The van der Waals surface area contributed by atoms with Gasteiger partial charge in [0.25, 0.3) is 5.56 Å². The number of imidazole rings is 1. The molecule has 3 aromatic rings. The lowest BCUT2D eigenvalue weighted by Gasteiger charge is -2.09. The van der Waals surface area contributed by atoms with Crippen LogP contribution in [0.3, 0.4) is 0 Å². The lowest BCUT2D eigenvalue weighted by atomic mass is 10.1. The third-order valence-corrected chi connectivity index (χ3v) is 5.27. The SMILES string of the molecule is Cn1c(=O)c2c(nc(Cl)n2CC(=O)Nc2ccc3c(c2)CCC3)n(C)c1=O. The zero-order chi connectivity index (χ0) is 19.3. The van der Waals surface area contributed by atoms with Gasteiger partial charge in [0.1, 0.15) is 6.54 Å². The molecule has 27 heavy (non-hydrogen) atoms. The van der Waals surface area contributed by atoms with Crippen molar-refractivity contribution in [2.24, 2.45) is 14.1 Å². The maximum Gasteiger partial charge on any atom is 0.332 e. The molecule has 0 spiro atoms. The van der Waals surface area contributed by atoms with Gasteiger partial charge in [-0.05, 0) is 54.1 Å². The summed E-state index contributed by atoms with van der Waals surface area (Å²) in [5, 5.41) is 2.82. The van der Waals surface area contributed by atoms with Crippen LogP contribution in [0, 0.1) is 0 Å². The summed E-state index contributed by atoms with van der Waals surface area (Å²) in [6.07, 6.45) is 3.22. The number of anilines is 1. The van der Waals surface area contributed by atoms with E-state index in [2.05, 4.69) is 10.3 Å². The molecule has 0 radical (unpaired) electrons. The average molecular weight is 388 g/mol. The Balaban J connectivity index is 1.67. The monoisotopic (exact) mass is 387 g/mol. The number of hydrogen-bond acceptors (Lipinski definition) is 4. The fourth-order valence-corrected chi connectivity index (χ4v) is 3.78. The maximum absolute atomic E-state index is 12.5. The van der Waals surface area contributed by atoms with Crippen LogP contribution >= 0.6 is 11.6 Å². The Morgan fingerprint density at radius 1 is 1.19 bits per heavy atom. The summed E-state index contributed by atoms with van der Waals surface area (Å²) in [5.74, 6) is -0.329. The van der Waals surface area contributed by atoms with Gasteiger partial charge in [-0.3, -0.25) is 23.3 Å². The van der Waals surface area contributed by atoms with Gasteiger partial charge in [0.2, 0.25) is 11.2 Å². The predicted octanol–water partition coefficient (Wildman–Crippen LogP) is 1.21. The Kier molecular flexibility index (Phi) is 4.15. The highest BCUT2D eigenvalue weighted by molar-refractivity contribution is 6.29. The number of halogens is 1. The van der Waals surface area contributed by atoms with E-state index in [1.807, 2.05) is 18.2 Å². The van der Waals surface area contributed by atoms with Crippen LogP contribution in [0.4, 0.5) is 5.69 Å². The first-order valence-corrected chi connectivity index (χ1v) is 8.98. The summed E-state index contributed by atoms with van der Waals surface area (Å²) in [4.78, 5) is 41.1. The molecule has 0 saturated carbocycles. The van der Waals surface area contributed by atoms with E-state index in [1.165, 1.54) is 34.4 Å². The number of aromatic nitrogens is 4. The summed E-state index contributed by atoms with van der Waals surface area (Å²) in [5.41, 5.74) is 2.51. The quantitative estimate of drug-likeness (QED) is 0.684. The molecule has 0 unspecified atom stereocenters. The van der Waals surface area contributed by atoms with Gasteiger partial charge in [0, 0.05) is 19.8 Å². The second-order valence-corrected chi connectivity index (χ2v) is 7.07. The van der Waals surface area contributed by atoms with E-state index in [4.69, 9.17) is 11.6 Å². The van der Waals surface area contributed by atoms with E-state index >= 15 is 0 Å². The number of nitrogens with zero attached hydrogens (tertiary/aromatic N) is 4. The summed E-state index contributed by atoms with van der Waals surface area (Å²) in [7, 11) is 2.88. The van der Waals surface area contributed by atoms with Crippen LogP contribution in [0.25, 0.3) is 11.2 Å². The number of fused-ring (bicyclic) bond motifs is 2. The van der Waals surface area contributed by atoms with Crippen LogP contribution in [0.1, 0.15) is 17.5 Å². The predicted molar refractivity (Wildman–Crippen MR) is 102 cm³/mol. The molecule has 1 aromatic carbocycles. The second-order valence-electron chi connectivity index (χ2n) is 6.73. The molecule has 2 aromatic heterocycles. The van der Waals surface area contributed by atoms with Crippen molar-refractivity contribution in [2.75, 3.05) is 5.32 Å². The number of nitrogens with one attached hydrogen (secondary N) is 1. The number of amides is 1. The van der Waals surface area contributed by atoms with Gasteiger partial charge in [-0.2, -0.15) is 4.98 Å². The topological polar surface area (TPSA) is 90.9 Å². The minimum atomic E-state index is -0.544. The molecule has 140 valence electrons. The van der Waals surface area contributed by atoms with E-state index in [-0.39, 0.29) is 28.9 Å². The fourth-order valence-electron chi connectivity index (χ4n) is 3.56. The van der Waals surface area contributed by atoms with Crippen molar-refractivity contribution in [3.8, 4) is 0 Å². The summed E-state index contributed by atoms with van der Waals surface area (Å²) in [6.45, 7) is -0.181. The van der Waals surface area contributed by atoms with Crippen LogP contribution in [0.15, 0.2) is 27.8 Å². The van der Waals surface area contributed by atoms with Crippen LogP contribution in [-0.2, 0) is 38.3 Å². The van der Waals surface area contributed by atoms with Gasteiger partial charge in [0.15, 0.2) is 11.2 Å². The molecule has 1 aliphatic carbocycles. The Labute approximate surface area is 159 Å². The molecule has 1 aliphatic rings. The summed E-state index contributed by atoms with van der Waals surface area (Å²) < 4.78 is 3.52. The van der Waals surface area contributed by atoms with Crippen molar-refractivity contribution in [3.05, 3.63) is 55.4 Å². The lowest BCUT2D eigenvalue weighted by Crippen LogP contribution is -2.37. The zero-order valence-electron chi connectivity index (χ0n) is 15.0. The first kappa shape index (κ1) is 17.5. The normalized spacial score (nSPS) is 13.1. The molecule has 1 N–H and O–H groups in total. The summed E-state index contributed by atoms with van der Waals surface area (Å²) in [6, 6.07) is 5.89. The van der Waals surface area contributed by atoms with Gasteiger partial charge in [0.05, 0.1) is 0 Å². The molecule has 9 heteroatoms. The van der Waals surface area contributed by atoms with E-state index in [0.29, 0.717) is 5.69 Å². The number of carbonyl (C=O) groups is 1. The van der Waals surface area contributed by atoms with Crippen molar-refractivity contribution < 1.29 is 4.79 Å². The minimum Gasteiger partial charge on any atom is -0.325 e. The highest BCUT2D eigenvalue weighted by Gasteiger charge is 2.20. The molecule has 1 amide bonds. The average Bonchev–Trinajstić information content (AvgIpc) is 3.22. The number of rotatable bonds is 3. The van der Waals surface area contributed by atoms with Gasteiger partial charge >= 0.3 is 5.69 Å².